The predicted octanol–water partition coefficient (Wildman–Crippen LogP) is -0.208. The minimum absolute atomic E-state index is 0.162. The molecule has 1 unspecified atom stereocenters. The van der Waals surface area contributed by atoms with E-state index in [2.05, 4.69) is 10.2 Å². The standard InChI is InChI=1S/C9H21N3O/c1-4-5-8(9(10)13)11-6-7-12(2)3/h8,11H,4-7H2,1-3H3,(H2,10,13). The van der Waals surface area contributed by atoms with Crippen molar-refractivity contribution in [2.75, 3.05) is 27.2 Å². The maximum atomic E-state index is 10.9. The lowest BCUT2D eigenvalue weighted by atomic mass is 10.1. The summed E-state index contributed by atoms with van der Waals surface area (Å²) in [5.74, 6) is -0.249. The van der Waals surface area contributed by atoms with Gasteiger partial charge in [-0.2, -0.15) is 0 Å². The van der Waals surface area contributed by atoms with Crippen LogP contribution in [-0.2, 0) is 4.79 Å². The fourth-order valence-electron chi connectivity index (χ4n) is 1.10. The Hall–Kier alpha value is -0.610. The van der Waals surface area contributed by atoms with Crippen molar-refractivity contribution in [2.45, 2.75) is 25.8 Å². The van der Waals surface area contributed by atoms with Gasteiger partial charge >= 0.3 is 0 Å². The van der Waals surface area contributed by atoms with E-state index in [0.717, 1.165) is 25.9 Å². The summed E-state index contributed by atoms with van der Waals surface area (Å²) in [6.07, 6.45) is 1.80. The van der Waals surface area contributed by atoms with Crippen molar-refractivity contribution in [1.29, 1.82) is 0 Å². The second-order valence-corrected chi connectivity index (χ2v) is 3.50. The average molecular weight is 187 g/mol. The molecule has 0 aromatic carbocycles. The van der Waals surface area contributed by atoms with Gasteiger partial charge in [0.05, 0.1) is 6.04 Å². The molecule has 0 aliphatic rings. The summed E-state index contributed by atoms with van der Waals surface area (Å²) in [7, 11) is 4.00. The summed E-state index contributed by atoms with van der Waals surface area (Å²) in [4.78, 5) is 13.0. The zero-order valence-electron chi connectivity index (χ0n) is 8.84. The van der Waals surface area contributed by atoms with E-state index in [1.165, 1.54) is 0 Å². The van der Waals surface area contributed by atoms with E-state index < -0.39 is 0 Å². The molecule has 13 heavy (non-hydrogen) atoms. The van der Waals surface area contributed by atoms with Crippen molar-refractivity contribution in [2.24, 2.45) is 5.73 Å². The lowest BCUT2D eigenvalue weighted by Gasteiger charge is -2.16. The highest BCUT2D eigenvalue weighted by atomic mass is 16.1. The van der Waals surface area contributed by atoms with Crippen molar-refractivity contribution in [3.05, 3.63) is 0 Å². The minimum atomic E-state index is -0.249. The van der Waals surface area contributed by atoms with E-state index in [1.807, 2.05) is 21.0 Å². The number of carbonyl (C=O) groups is 1. The van der Waals surface area contributed by atoms with Gasteiger partial charge in [-0.25, -0.2) is 0 Å². The topological polar surface area (TPSA) is 58.4 Å². The molecular formula is C9H21N3O. The van der Waals surface area contributed by atoms with E-state index in [9.17, 15) is 4.79 Å². The van der Waals surface area contributed by atoms with Crippen LogP contribution in [0, 0.1) is 0 Å². The molecule has 0 saturated carbocycles. The number of nitrogens with zero attached hydrogens (tertiary/aromatic N) is 1. The fourth-order valence-corrected chi connectivity index (χ4v) is 1.10. The number of hydrogen-bond donors (Lipinski definition) is 2. The van der Waals surface area contributed by atoms with Gasteiger partial charge in [0.1, 0.15) is 0 Å². The predicted molar refractivity (Wildman–Crippen MR) is 54.4 cm³/mol. The number of nitrogens with two attached hydrogens (primary N) is 1. The largest absolute Gasteiger partial charge is 0.368 e. The van der Waals surface area contributed by atoms with Gasteiger partial charge in [-0.1, -0.05) is 13.3 Å². The Kier molecular flexibility index (Phi) is 6.54. The molecular weight excluding hydrogens is 166 g/mol. The molecule has 4 heteroatoms. The van der Waals surface area contributed by atoms with Gasteiger partial charge in [0.15, 0.2) is 0 Å². The highest BCUT2D eigenvalue weighted by Crippen LogP contribution is 1.94. The van der Waals surface area contributed by atoms with Crippen LogP contribution in [0.3, 0.4) is 0 Å². The second-order valence-electron chi connectivity index (χ2n) is 3.50. The maximum absolute atomic E-state index is 10.9. The molecule has 0 aliphatic heterocycles. The molecule has 0 rings (SSSR count). The van der Waals surface area contributed by atoms with Crippen molar-refractivity contribution < 1.29 is 4.79 Å². The van der Waals surface area contributed by atoms with Crippen LogP contribution in [0.5, 0.6) is 0 Å². The third-order valence-corrected chi connectivity index (χ3v) is 1.87. The SMILES string of the molecule is CCCC(NCCN(C)C)C(N)=O. The Balaban J connectivity index is 3.63. The molecule has 1 atom stereocenters. The zero-order valence-corrected chi connectivity index (χ0v) is 8.84. The van der Waals surface area contributed by atoms with Gasteiger partial charge in [0.2, 0.25) is 5.91 Å². The molecule has 0 fully saturated rings. The minimum Gasteiger partial charge on any atom is -0.368 e. The Morgan fingerprint density at radius 1 is 1.54 bits per heavy atom. The highest BCUT2D eigenvalue weighted by molar-refractivity contribution is 5.79. The molecule has 0 spiro atoms. The van der Waals surface area contributed by atoms with Crippen LogP contribution >= 0.6 is 0 Å². The van der Waals surface area contributed by atoms with Gasteiger partial charge in [-0.05, 0) is 20.5 Å². The quantitative estimate of drug-likeness (QED) is 0.580. The second kappa shape index (κ2) is 6.86. The van der Waals surface area contributed by atoms with Crippen molar-refractivity contribution >= 4 is 5.91 Å². The Morgan fingerprint density at radius 2 is 2.15 bits per heavy atom. The van der Waals surface area contributed by atoms with Gasteiger partial charge < -0.3 is 16.0 Å². The number of carbonyl (C=O) groups excluding carboxylic acids is 1. The van der Waals surface area contributed by atoms with Gasteiger partial charge in [0, 0.05) is 13.1 Å². The molecule has 0 aromatic rings. The van der Waals surface area contributed by atoms with Crippen LogP contribution in [0.25, 0.3) is 0 Å². The molecule has 78 valence electrons. The number of likely N-dealkylation sites (N-methyl/N-ethyl adjacent to an activating group) is 1. The van der Waals surface area contributed by atoms with Crippen LogP contribution in [0.1, 0.15) is 19.8 Å². The van der Waals surface area contributed by atoms with E-state index in [-0.39, 0.29) is 11.9 Å². The summed E-state index contributed by atoms with van der Waals surface area (Å²) in [5.41, 5.74) is 5.22. The maximum Gasteiger partial charge on any atom is 0.234 e. The number of amides is 1. The summed E-state index contributed by atoms with van der Waals surface area (Å²) in [6.45, 7) is 3.78. The monoisotopic (exact) mass is 187 g/mol. The lowest BCUT2D eigenvalue weighted by molar-refractivity contribution is -0.120. The third kappa shape index (κ3) is 6.54. The fraction of sp³-hybridized carbons (Fsp3) is 0.889. The Morgan fingerprint density at radius 3 is 2.54 bits per heavy atom. The van der Waals surface area contributed by atoms with E-state index in [1.54, 1.807) is 0 Å². The zero-order chi connectivity index (χ0) is 10.3. The van der Waals surface area contributed by atoms with Crippen LogP contribution in [-0.4, -0.2) is 44.0 Å². The van der Waals surface area contributed by atoms with Crippen LogP contribution in [0.15, 0.2) is 0 Å². The Labute approximate surface area is 80.5 Å². The van der Waals surface area contributed by atoms with E-state index >= 15 is 0 Å². The van der Waals surface area contributed by atoms with E-state index in [0.29, 0.717) is 0 Å². The third-order valence-electron chi connectivity index (χ3n) is 1.87. The first-order valence-corrected chi connectivity index (χ1v) is 4.75. The van der Waals surface area contributed by atoms with Crippen LogP contribution < -0.4 is 11.1 Å². The normalized spacial score (nSPS) is 13.2. The molecule has 4 nitrogen and oxygen atoms in total. The number of rotatable bonds is 7. The molecule has 1 amide bonds. The van der Waals surface area contributed by atoms with E-state index in [4.69, 9.17) is 5.73 Å². The van der Waals surface area contributed by atoms with Crippen molar-refractivity contribution in [1.82, 2.24) is 10.2 Å². The molecule has 0 heterocycles. The number of nitrogens with one attached hydrogen (secondary N) is 1. The number of primary amides is 1. The summed E-state index contributed by atoms with van der Waals surface area (Å²) in [5, 5.41) is 3.14. The molecule has 3 N–H and O–H groups in total. The number of hydrogen-bond acceptors (Lipinski definition) is 3. The van der Waals surface area contributed by atoms with Gasteiger partial charge in [-0.3, -0.25) is 4.79 Å². The molecule has 0 radical (unpaired) electrons. The van der Waals surface area contributed by atoms with Crippen LogP contribution in [0.2, 0.25) is 0 Å². The van der Waals surface area contributed by atoms with Crippen molar-refractivity contribution in [3.8, 4) is 0 Å². The Bertz CT molecular complexity index is 148. The summed E-state index contributed by atoms with van der Waals surface area (Å²) in [6, 6.07) is -0.162. The van der Waals surface area contributed by atoms with Crippen LogP contribution in [0.4, 0.5) is 0 Å². The molecule has 0 aliphatic carbocycles. The first-order chi connectivity index (χ1) is 6.07. The average Bonchev–Trinajstić information content (AvgIpc) is 2.02. The van der Waals surface area contributed by atoms with Gasteiger partial charge in [-0.15, -0.1) is 0 Å². The van der Waals surface area contributed by atoms with Crippen molar-refractivity contribution in [3.63, 3.8) is 0 Å². The molecule has 0 bridgehead atoms. The molecule has 0 aromatic heterocycles. The first kappa shape index (κ1) is 12.4. The lowest BCUT2D eigenvalue weighted by Crippen LogP contribution is -2.43. The summed E-state index contributed by atoms with van der Waals surface area (Å²) < 4.78 is 0. The highest BCUT2D eigenvalue weighted by Gasteiger charge is 2.12. The molecule has 0 saturated heterocycles. The van der Waals surface area contributed by atoms with Gasteiger partial charge in [0.25, 0.3) is 0 Å². The smallest absolute Gasteiger partial charge is 0.234 e. The first-order valence-electron chi connectivity index (χ1n) is 4.75. The summed E-state index contributed by atoms with van der Waals surface area (Å²) >= 11 is 0.